The van der Waals surface area contributed by atoms with Crippen molar-refractivity contribution in [3.63, 3.8) is 0 Å². The molecule has 0 aromatic heterocycles. The van der Waals surface area contributed by atoms with Crippen LogP contribution in [0.2, 0.25) is 0 Å². The lowest BCUT2D eigenvalue weighted by atomic mass is 9.83. The minimum atomic E-state index is -0.749. The number of methoxy groups -OCH3 is 1. The second-order valence-electron chi connectivity index (χ2n) is 6.04. The minimum absolute atomic E-state index is 0.0500. The maximum atomic E-state index is 11.7. The molecule has 4 heteroatoms. The van der Waals surface area contributed by atoms with Gasteiger partial charge in [-0.15, -0.1) is 0 Å². The average molecular weight is 268 g/mol. The zero-order valence-electron chi connectivity index (χ0n) is 12.1. The largest absolute Gasteiger partial charge is 0.481 e. The molecule has 108 valence electrons. The van der Waals surface area contributed by atoms with Crippen molar-refractivity contribution in [1.29, 1.82) is 0 Å². The van der Waals surface area contributed by atoms with E-state index in [1.807, 2.05) is 19.9 Å². The molecule has 19 heavy (non-hydrogen) atoms. The van der Waals surface area contributed by atoms with Gasteiger partial charge in [-0.25, -0.2) is 0 Å². The monoisotopic (exact) mass is 268 g/mol. The third-order valence-corrected chi connectivity index (χ3v) is 3.61. The molecule has 0 amide bonds. The Labute approximate surface area is 114 Å². The van der Waals surface area contributed by atoms with E-state index in [9.17, 15) is 9.59 Å². The summed E-state index contributed by atoms with van der Waals surface area (Å²) in [5.41, 5.74) is 0.706. The zero-order chi connectivity index (χ0) is 14.5. The highest BCUT2D eigenvalue weighted by Crippen LogP contribution is 2.29. The van der Waals surface area contributed by atoms with Crippen LogP contribution >= 0.6 is 0 Å². The molecule has 1 rings (SSSR count). The van der Waals surface area contributed by atoms with Gasteiger partial charge >= 0.3 is 5.97 Å². The molecule has 1 unspecified atom stereocenters. The molecular weight excluding hydrogens is 244 g/mol. The Morgan fingerprint density at radius 1 is 1.47 bits per heavy atom. The molecule has 0 aromatic carbocycles. The summed E-state index contributed by atoms with van der Waals surface area (Å²) in [4.78, 5) is 22.4. The van der Waals surface area contributed by atoms with Gasteiger partial charge in [0.25, 0.3) is 0 Å². The van der Waals surface area contributed by atoms with E-state index in [0.29, 0.717) is 6.42 Å². The van der Waals surface area contributed by atoms with Gasteiger partial charge in [-0.05, 0) is 36.3 Å². The second-order valence-corrected chi connectivity index (χ2v) is 6.04. The number of allylic oxidation sites excluding steroid dienone is 1. The Bertz CT molecular complexity index is 368. The van der Waals surface area contributed by atoms with E-state index in [-0.39, 0.29) is 23.7 Å². The van der Waals surface area contributed by atoms with Crippen LogP contribution in [0.25, 0.3) is 0 Å². The van der Waals surface area contributed by atoms with Gasteiger partial charge in [0, 0.05) is 13.5 Å². The summed E-state index contributed by atoms with van der Waals surface area (Å²) in [6.45, 7) is 3.95. The highest BCUT2D eigenvalue weighted by Gasteiger charge is 2.24. The highest BCUT2D eigenvalue weighted by molar-refractivity contribution is 5.98. The first-order valence-electron chi connectivity index (χ1n) is 6.82. The lowest BCUT2D eigenvalue weighted by Gasteiger charge is -2.22. The second kappa shape index (κ2) is 6.85. The van der Waals surface area contributed by atoms with Crippen LogP contribution in [-0.2, 0) is 14.3 Å². The van der Waals surface area contributed by atoms with Gasteiger partial charge in [0.05, 0.1) is 12.5 Å². The quantitative estimate of drug-likeness (QED) is 0.687. The standard InChI is InChI=1S/C15H24O4/c1-15(2,10-14(17)18)7-5-4-6-11-8-12(19-3)9-13(11)16/h8,12H,4-7,9-10H2,1-3H3,(H,17,18). The first-order valence-corrected chi connectivity index (χ1v) is 6.82. The van der Waals surface area contributed by atoms with Gasteiger partial charge in [-0.1, -0.05) is 20.3 Å². The fourth-order valence-corrected chi connectivity index (χ4v) is 2.48. The number of carboxylic acids is 1. The van der Waals surface area contributed by atoms with Gasteiger partial charge in [-0.3, -0.25) is 9.59 Å². The molecular formula is C15H24O4. The first-order chi connectivity index (χ1) is 8.84. The Morgan fingerprint density at radius 2 is 2.16 bits per heavy atom. The molecule has 1 aliphatic rings. The van der Waals surface area contributed by atoms with Crippen LogP contribution in [0, 0.1) is 5.41 Å². The number of carbonyl (C=O) groups excluding carboxylic acids is 1. The minimum Gasteiger partial charge on any atom is -0.481 e. The maximum absolute atomic E-state index is 11.7. The molecule has 0 bridgehead atoms. The van der Waals surface area contributed by atoms with Gasteiger partial charge in [0.1, 0.15) is 0 Å². The number of ether oxygens (including phenoxy) is 1. The van der Waals surface area contributed by atoms with Crippen LogP contribution in [0.15, 0.2) is 11.6 Å². The van der Waals surface area contributed by atoms with Crippen molar-refractivity contribution in [2.75, 3.05) is 7.11 Å². The van der Waals surface area contributed by atoms with Crippen molar-refractivity contribution in [2.24, 2.45) is 5.41 Å². The lowest BCUT2D eigenvalue weighted by Crippen LogP contribution is -2.16. The predicted octanol–water partition coefficient (Wildman–Crippen LogP) is 2.96. The molecule has 1 atom stereocenters. The summed E-state index contributed by atoms with van der Waals surface area (Å²) < 4.78 is 5.15. The van der Waals surface area contributed by atoms with E-state index in [0.717, 1.165) is 31.3 Å². The van der Waals surface area contributed by atoms with Gasteiger partial charge < -0.3 is 9.84 Å². The van der Waals surface area contributed by atoms with Crippen molar-refractivity contribution in [2.45, 2.75) is 58.5 Å². The van der Waals surface area contributed by atoms with Crippen molar-refractivity contribution in [1.82, 2.24) is 0 Å². The van der Waals surface area contributed by atoms with E-state index in [1.165, 1.54) is 0 Å². The average Bonchev–Trinajstić information content (AvgIpc) is 2.64. The zero-order valence-corrected chi connectivity index (χ0v) is 12.1. The number of rotatable bonds is 8. The first kappa shape index (κ1) is 15.9. The molecule has 0 saturated heterocycles. The SMILES string of the molecule is COC1C=C(CCCCC(C)(C)CC(=O)O)C(=O)C1. The Balaban J connectivity index is 2.28. The molecule has 0 aromatic rings. The molecule has 1 N–H and O–H groups in total. The molecule has 0 spiro atoms. The van der Waals surface area contributed by atoms with Crippen molar-refractivity contribution >= 4 is 11.8 Å². The van der Waals surface area contributed by atoms with Crippen molar-refractivity contribution in [3.05, 3.63) is 11.6 Å². The number of hydrogen-bond acceptors (Lipinski definition) is 3. The summed E-state index contributed by atoms with van der Waals surface area (Å²) in [6, 6.07) is 0. The number of ketones is 1. The molecule has 0 aliphatic heterocycles. The van der Waals surface area contributed by atoms with Crippen LogP contribution in [0.3, 0.4) is 0 Å². The Kier molecular flexibility index (Phi) is 5.73. The smallest absolute Gasteiger partial charge is 0.303 e. The molecule has 1 aliphatic carbocycles. The van der Waals surface area contributed by atoms with E-state index in [2.05, 4.69) is 0 Å². The summed E-state index contributed by atoms with van der Waals surface area (Å²) in [5, 5.41) is 8.80. The third kappa shape index (κ3) is 5.55. The van der Waals surface area contributed by atoms with E-state index >= 15 is 0 Å². The Hall–Kier alpha value is -1.16. The summed E-state index contributed by atoms with van der Waals surface area (Å²) in [7, 11) is 1.62. The number of unbranched alkanes of at least 4 members (excludes halogenated alkanes) is 1. The van der Waals surface area contributed by atoms with Crippen LogP contribution in [-0.4, -0.2) is 30.1 Å². The van der Waals surface area contributed by atoms with Crippen LogP contribution in [0.4, 0.5) is 0 Å². The van der Waals surface area contributed by atoms with Crippen molar-refractivity contribution < 1.29 is 19.4 Å². The summed E-state index contributed by atoms with van der Waals surface area (Å²) in [6.07, 6.45) is 6.06. The topological polar surface area (TPSA) is 63.6 Å². The van der Waals surface area contributed by atoms with Gasteiger partial charge in [0.15, 0.2) is 5.78 Å². The molecule has 0 radical (unpaired) electrons. The van der Waals surface area contributed by atoms with E-state index in [1.54, 1.807) is 7.11 Å². The fourth-order valence-electron chi connectivity index (χ4n) is 2.48. The van der Waals surface area contributed by atoms with Crippen molar-refractivity contribution in [3.8, 4) is 0 Å². The fraction of sp³-hybridized carbons (Fsp3) is 0.733. The van der Waals surface area contributed by atoms with Crippen LogP contribution in [0.1, 0.15) is 52.4 Å². The summed E-state index contributed by atoms with van der Waals surface area (Å²) in [5.74, 6) is -0.557. The molecule has 0 saturated carbocycles. The molecule has 0 heterocycles. The Morgan fingerprint density at radius 3 is 2.68 bits per heavy atom. The normalized spacial score (nSPS) is 19.6. The van der Waals surface area contributed by atoms with Gasteiger partial charge in [0.2, 0.25) is 0 Å². The third-order valence-electron chi connectivity index (χ3n) is 3.61. The number of carbonyl (C=O) groups is 2. The predicted molar refractivity (Wildman–Crippen MR) is 73.0 cm³/mol. The number of hydrogen-bond donors (Lipinski definition) is 1. The molecule has 0 fully saturated rings. The maximum Gasteiger partial charge on any atom is 0.303 e. The van der Waals surface area contributed by atoms with E-state index in [4.69, 9.17) is 9.84 Å². The van der Waals surface area contributed by atoms with Gasteiger partial charge in [-0.2, -0.15) is 0 Å². The van der Waals surface area contributed by atoms with Crippen LogP contribution in [0.5, 0.6) is 0 Å². The highest BCUT2D eigenvalue weighted by atomic mass is 16.5. The molecule has 4 nitrogen and oxygen atoms in total. The summed E-state index contributed by atoms with van der Waals surface area (Å²) >= 11 is 0. The van der Waals surface area contributed by atoms with E-state index < -0.39 is 5.97 Å². The number of Topliss-reactive ketones (excluding diaryl/α,β-unsaturated/α-hetero) is 1. The number of carboxylic acid groups (broad SMARTS) is 1. The number of aliphatic carboxylic acids is 1. The van der Waals surface area contributed by atoms with Crippen LogP contribution < -0.4 is 0 Å². The lowest BCUT2D eigenvalue weighted by molar-refractivity contribution is -0.139.